The van der Waals surface area contributed by atoms with Crippen LogP contribution in [0.3, 0.4) is 0 Å². The Morgan fingerprint density at radius 3 is 2.68 bits per heavy atom. The van der Waals surface area contributed by atoms with E-state index in [0.29, 0.717) is 6.54 Å². The van der Waals surface area contributed by atoms with E-state index in [0.717, 1.165) is 12.2 Å². The Kier molecular flexibility index (Phi) is 6.25. The molecule has 1 aromatic rings. The number of halogens is 1. The van der Waals surface area contributed by atoms with Crippen LogP contribution < -0.4 is 10.5 Å². The van der Waals surface area contributed by atoms with Crippen molar-refractivity contribution in [2.45, 2.75) is 24.8 Å². The third-order valence-electron chi connectivity index (χ3n) is 2.65. The van der Waals surface area contributed by atoms with Gasteiger partial charge in [-0.25, -0.2) is 17.5 Å². The maximum atomic E-state index is 13.6. The lowest BCUT2D eigenvalue weighted by atomic mass is 10.1. The predicted octanol–water partition coefficient (Wildman–Crippen LogP) is 1.62. The summed E-state index contributed by atoms with van der Waals surface area (Å²) in [6.07, 6.45) is 2.72. The van der Waals surface area contributed by atoms with Gasteiger partial charge in [0, 0.05) is 18.7 Å². The Morgan fingerprint density at radius 1 is 1.42 bits per heavy atom. The zero-order valence-corrected chi connectivity index (χ0v) is 12.7. The third kappa shape index (κ3) is 4.45. The first-order valence-electron chi connectivity index (χ1n) is 5.90. The van der Waals surface area contributed by atoms with Gasteiger partial charge in [-0.2, -0.15) is 11.8 Å². The van der Waals surface area contributed by atoms with E-state index in [2.05, 4.69) is 4.72 Å². The van der Waals surface area contributed by atoms with Gasteiger partial charge in [0.05, 0.1) is 4.90 Å². The number of thioether (sulfide) groups is 1. The van der Waals surface area contributed by atoms with Gasteiger partial charge in [-0.1, -0.05) is 0 Å². The molecule has 0 fully saturated rings. The van der Waals surface area contributed by atoms with E-state index in [1.165, 1.54) is 19.1 Å². The van der Waals surface area contributed by atoms with Gasteiger partial charge in [0.15, 0.2) is 0 Å². The Bertz CT molecular complexity index is 533. The molecule has 0 saturated heterocycles. The second-order valence-electron chi connectivity index (χ2n) is 4.16. The molecule has 4 nitrogen and oxygen atoms in total. The van der Waals surface area contributed by atoms with Crippen molar-refractivity contribution in [1.82, 2.24) is 4.72 Å². The minimum absolute atomic E-state index is 0.0253. The van der Waals surface area contributed by atoms with Crippen molar-refractivity contribution in [3.63, 3.8) is 0 Å². The van der Waals surface area contributed by atoms with Crippen molar-refractivity contribution in [3.8, 4) is 0 Å². The van der Waals surface area contributed by atoms with Gasteiger partial charge in [0.1, 0.15) is 5.82 Å². The van der Waals surface area contributed by atoms with Gasteiger partial charge in [-0.15, -0.1) is 0 Å². The van der Waals surface area contributed by atoms with E-state index in [-0.39, 0.29) is 22.6 Å². The van der Waals surface area contributed by atoms with Gasteiger partial charge in [0.2, 0.25) is 10.0 Å². The lowest BCUT2D eigenvalue weighted by Crippen LogP contribution is -2.25. The molecule has 7 heteroatoms. The molecule has 0 spiro atoms. The van der Waals surface area contributed by atoms with Gasteiger partial charge in [-0.05, 0) is 43.0 Å². The fraction of sp³-hybridized carbons (Fsp3) is 0.500. The monoisotopic (exact) mass is 306 g/mol. The third-order valence-corrected chi connectivity index (χ3v) is 4.79. The number of nitrogens with two attached hydrogens (primary N) is 1. The molecule has 19 heavy (non-hydrogen) atoms. The van der Waals surface area contributed by atoms with Crippen molar-refractivity contribution in [3.05, 3.63) is 29.1 Å². The smallest absolute Gasteiger partial charge is 0.240 e. The molecule has 0 heterocycles. The van der Waals surface area contributed by atoms with E-state index in [4.69, 9.17) is 5.73 Å². The summed E-state index contributed by atoms with van der Waals surface area (Å²) >= 11 is 1.66. The lowest BCUT2D eigenvalue weighted by Gasteiger charge is -2.10. The highest BCUT2D eigenvalue weighted by atomic mass is 32.2. The van der Waals surface area contributed by atoms with Crippen LogP contribution in [-0.4, -0.2) is 27.0 Å². The van der Waals surface area contributed by atoms with Crippen LogP contribution in [0.4, 0.5) is 4.39 Å². The number of sulfonamides is 1. The molecule has 1 aromatic carbocycles. The van der Waals surface area contributed by atoms with Crippen LogP contribution in [-0.2, 0) is 16.6 Å². The van der Waals surface area contributed by atoms with Gasteiger partial charge >= 0.3 is 0 Å². The van der Waals surface area contributed by atoms with E-state index in [1.54, 1.807) is 11.8 Å². The normalized spacial score (nSPS) is 11.8. The van der Waals surface area contributed by atoms with Crippen LogP contribution in [0, 0.1) is 12.7 Å². The summed E-state index contributed by atoms with van der Waals surface area (Å²) in [5.74, 6) is 0.447. The number of rotatable bonds is 7. The number of benzene rings is 1. The second-order valence-corrected chi connectivity index (χ2v) is 6.91. The largest absolute Gasteiger partial charge is 0.326 e. The average molecular weight is 306 g/mol. The first-order chi connectivity index (χ1) is 8.92. The molecule has 0 amide bonds. The number of hydrogen-bond donors (Lipinski definition) is 2. The molecule has 3 N–H and O–H groups in total. The highest BCUT2D eigenvalue weighted by molar-refractivity contribution is 7.98. The minimum Gasteiger partial charge on any atom is -0.326 e. The molecule has 108 valence electrons. The van der Waals surface area contributed by atoms with Crippen LogP contribution >= 0.6 is 11.8 Å². The number of nitrogens with one attached hydrogen (secondary N) is 1. The van der Waals surface area contributed by atoms with Gasteiger partial charge in [-0.3, -0.25) is 0 Å². The Labute approximate surface area is 118 Å². The molecule has 0 aliphatic heterocycles. The van der Waals surface area contributed by atoms with E-state index < -0.39 is 15.8 Å². The molecule has 0 radical (unpaired) electrons. The molecule has 0 saturated carbocycles. The summed E-state index contributed by atoms with van der Waals surface area (Å²) in [7, 11) is -3.59. The van der Waals surface area contributed by atoms with Crippen molar-refractivity contribution >= 4 is 21.8 Å². The topological polar surface area (TPSA) is 72.2 Å². The molecule has 0 aliphatic carbocycles. The van der Waals surface area contributed by atoms with Crippen LogP contribution in [0.1, 0.15) is 17.5 Å². The summed E-state index contributed by atoms with van der Waals surface area (Å²) < 4.78 is 40.2. The number of aryl methyl sites for hydroxylation is 1. The highest BCUT2D eigenvalue weighted by Gasteiger charge is 2.17. The SMILES string of the molecule is CSCCCNS(=O)(=O)c1cc(C)c(F)c(CN)c1. The van der Waals surface area contributed by atoms with Crippen molar-refractivity contribution in [1.29, 1.82) is 0 Å². The molecular weight excluding hydrogens is 287 g/mol. The van der Waals surface area contributed by atoms with E-state index in [1.807, 2.05) is 6.26 Å². The minimum atomic E-state index is -3.59. The fourth-order valence-corrected chi connectivity index (χ4v) is 3.26. The average Bonchev–Trinajstić information content (AvgIpc) is 2.37. The van der Waals surface area contributed by atoms with Crippen LogP contribution in [0.5, 0.6) is 0 Å². The maximum Gasteiger partial charge on any atom is 0.240 e. The summed E-state index contributed by atoms with van der Waals surface area (Å²) in [6.45, 7) is 1.88. The quantitative estimate of drug-likeness (QED) is 0.751. The molecule has 1 rings (SSSR count). The summed E-state index contributed by atoms with van der Waals surface area (Å²) in [5.41, 5.74) is 5.91. The molecular formula is C12H19FN2O2S2. The molecule has 0 aliphatic rings. The highest BCUT2D eigenvalue weighted by Crippen LogP contribution is 2.18. The molecule has 0 aromatic heterocycles. The zero-order chi connectivity index (χ0) is 14.5. The van der Waals surface area contributed by atoms with Crippen LogP contribution in [0.25, 0.3) is 0 Å². The lowest BCUT2D eigenvalue weighted by molar-refractivity contribution is 0.577. The summed E-state index contributed by atoms with van der Waals surface area (Å²) in [5, 5.41) is 0. The molecule has 0 bridgehead atoms. The fourth-order valence-electron chi connectivity index (χ4n) is 1.62. The van der Waals surface area contributed by atoms with Crippen molar-refractivity contribution in [2.24, 2.45) is 5.73 Å². The predicted molar refractivity (Wildman–Crippen MR) is 77.2 cm³/mol. The van der Waals surface area contributed by atoms with Crippen LogP contribution in [0.15, 0.2) is 17.0 Å². The number of hydrogen-bond acceptors (Lipinski definition) is 4. The Morgan fingerprint density at radius 2 is 2.11 bits per heavy atom. The standard InChI is InChI=1S/C12H19FN2O2S2/c1-9-6-11(7-10(8-14)12(9)13)19(16,17)15-4-3-5-18-2/h6-7,15H,3-5,8,14H2,1-2H3. The first-order valence-corrected chi connectivity index (χ1v) is 8.77. The Hall–Kier alpha value is -0.630. The maximum absolute atomic E-state index is 13.6. The second kappa shape index (κ2) is 7.23. The van der Waals surface area contributed by atoms with Gasteiger partial charge in [0.25, 0.3) is 0 Å². The summed E-state index contributed by atoms with van der Waals surface area (Å²) in [6, 6.07) is 2.62. The Balaban J connectivity index is 2.92. The zero-order valence-electron chi connectivity index (χ0n) is 11.1. The van der Waals surface area contributed by atoms with E-state index in [9.17, 15) is 12.8 Å². The molecule has 0 unspecified atom stereocenters. The first kappa shape index (κ1) is 16.4. The van der Waals surface area contributed by atoms with Crippen molar-refractivity contribution in [2.75, 3.05) is 18.6 Å². The van der Waals surface area contributed by atoms with Gasteiger partial charge < -0.3 is 5.73 Å². The summed E-state index contributed by atoms with van der Waals surface area (Å²) in [4.78, 5) is 0.0657. The van der Waals surface area contributed by atoms with Crippen molar-refractivity contribution < 1.29 is 12.8 Å². The van der Waals surface area contributed by atoms with Crippen LogP contribution in [0.2, 0.25) is 0 Å². The molecule has 0 atom stereocenters. The van der Waals surface area contributed by atoms with E-state index >= 15 is 0 Å².